The Morgan fingerprint density at radius 2 is 1.85 bits per heavy atom. The first-order valence-electron chi connectivity index (χ1n) is 12.4. The number of halogens is 3. The summed E-state index contributed by atoms with van der Waals surface area (Å²) in [5, 5.41) is 6.08. The molecular weight excluding hydrogens is 531 g/mol. The molecule has 1 aliphatic rings. The lowest BCUT2D eigenvalue weighted by atomic mass is 10.0. The number of hydrogen-bond donors (Lipinski definition) is 2. The Hall–Kier alpha value is -3.54. The number of esters is 1. The standard InChI is InChI=1S/C28H28F3N3O4S/c1-17-15-34(12-11-32-17)16-21-9-10-24(39-21)20-6-3-5-19(13-20)14-33-26(36)23-8-4-7-22(18(2)35)25(23)38-27(37)28(29,30)31/h3-10,13,17,32H,11-12,14-16H2,1-2H3,(H,33,36)/t17-/m0/s1. The normalized spacial score (nSPS) is 16.1. The van der Waals surface area contributed by atoms with Gasteiger partial charge in [-0.25, -0.2) is 4.79 Å². The molecule has 206 valence electrons. The van der Waals surface area contributed by atoms with Gasteiger partial charge < -0.3 is 15.4 Å². The molecule has 0 aliphatic carbocycles. The topological polar surface area (TPSA) is 87.7 Å². The number of hydrogen-bond acceptors (Lipinski definition) is 7. The predicted molar refractivity (Wildman–Crippen MR) is 142 cm³/mol. The summed E-state index contributed by atoms with van der Waals surface area (Å²) in [6.45, 7) is 7.19. The number of para-hydroxylation sites is 1. The number of ketones is 1. The molecule has 4 rings (SSSR count). The highest BCUT2D eigenvalue weighted by molar-refractivity contribution is 7.15. The monoisotopic (exact) mass is 559 g/mol. The molecule has 1 saturated heterocycles. The highest BCUT2D eigenvalue weighted by Crippen LogP contribution is 2.31. The number of rotatable bonds is 8. The maximum absolute atomic E-state index is 12.9. The number of Topliss-reactive ketones (excluding diaryl/α,β-unsaturated/α-hetero) is 1. The van der Waals surface area contributed by atoms with Crippen molar-refractivity contribution >= 4 is 29.0 Å². The largest absolute Gasteiger partial charge is 0.491 e. The lowest BCUT2D eigenvalue weighted by Gasteiger charge is -2.31. The number of ether oxygens (including phenoxy) is 1. The van der Waals surface area contributed by atoms with Crippen LogP contribution in [0.3, 0.4) is 0 Å². The second-order valence-electron chi connectivity index (χ2n) is 9.37. The van der Waals surface area contributed by atoms with Crippen molar-refractivity contribution < 1.29 is 32.3 Å². The first kappa shape index (κ1) is 28.5. The van der Waals surface area contributed by atoms with E-state index >= 15 is 0 Å². The van der Waals surface area contributed by atoms with Gasteiger partial charge in [-0.1, -0.05) is 24.3 Å². The molecule has 1 aliphatic heterocycles. The Morgan fingerprint density at radius 3 is 2.56 bits per heavy atom. The lowest BCUT2D eigenvalue weighted by molar-refractivity contribution is -0.189. The van der Waals surface area contributed by atoms with E-state index in [4.69, 9.17) is 0 Å². The van der Waals surface area contributed by atoms with Crippen molar-refractivity contribution in [2.45, 2.75) is 39.2 Å². The van der Waals surface area contributed by atoms with Crippen LogP contribution in [0.25, 0.3) is 10.4 Å². The van der Waals surface area contributed by atoms with Crippen molar-refractivity contribution in [2.75, 3.05) is 19.6 Å². The van der Waals surface area contributed by atoms with E-state index in [1.54, 1.807) is 11.3 Å². The molecule has 1 aromatic heterocycles. The summed E-state index contributed by atoms with van der Waals surface area (Å²) in [6.07, 6.45) is -5.29. The van der Waals surface area contributed by atoms with Gasteiger partial charge in [0.05, 0.1) is 11.1 Å². The highest BCUT2D eigenvalue weighted by atomic mass is 32.1. The zero-order valence-corrected chi connectivity index (χ0v) is 22.2. The van der Waals surface area contributed by atoms with Gasteiger partial charge in [-0.05, 0) is 55.3 Å². The molecule has 0 bridgehead atoms. The number of carbonyl (C=O) groups is 3. The number of carbonyl (C=O) groups excluding carboxylic acids is 3. The molecule has 0 spiro atoms. The molecule has 2 heterocycles. The zero-order valence-electron chi connectivity index (χ0n) is 21.4. The summed E-state index contributed by atoms with van der Waals surface area (Å²) in [5.74, 6) is -4.66. The van der Waals surface area contributed by atoms with E-state index in [1.807, 2.05) is 24.3 Å². The van der Waals surface area contributed by atoms with Gasteiger partial charge in [-0.2, -0.15) is 13.2 Å². The van der Waals surface area contributed by atoms with Crippen molar-refractivity contribution in [3.8, 4) is 16.2 Å². The predicted octanol–water partition coefficient (Wildman–Crippen LogP) is 4.81. The molecule has 11 heteroatoms. The second-order valence-corrected chi connectivity index (χ2v) is 10.5. The van der Waals surface area contributed by atoms with Gasteiger partial charge in [0, 0.05) is 48.5 Å². The van der Waals surface area contributed by atoms with E-state index in [0.717, 1.165) is 49.1 Å². The SMILES string of the molecule is CC(=O)c1cccc(C(=O)NCc2cccc(-c3ccc(CN4CCN[C@@H](C)C4)s3)c2)c1OC(=O)C(F)(F)F. The zero-order chi connectivity index (χ0) is 28.2. The minimum Gasteiger partial charge on any atom is -0.418 e. The average molecular weight is 560 g/mol. The molecule has 0 unspecified atom stereocenters. The summed E-state index contributed by atoms with van der Waals surface area (Å²) in [7, 11) is 0. The third-order valence-electron chi connectivity index (χ3n) is 6.22. The van der Waals surface area contributed by atoms with Crippen LogP contribution >= 0.6 is 11.3 Å². The molecule has 39 heavy (non-hydrogen) atoms. The minimum atomic E-state index is -5.29. The minimum absolute atomic E-state index is 0.0700. The van der Waals surface area contributed by atoms with Crippen molar-refractivity contribution in [1.29, 1.82) is 0 Å². The Bertz CT molecular complexity index is 1370. The summed E-state index contributed by atoms with van der Waals surface area (Å²) >= 11 is 1.70. The fourth-order valence-electron chi connectivity index (χ4n) is 4.36. The number of alkyl halides is 3. The van der Waals surface area contributed by atoms with Gasteiger partial charge in [0.15, 0.2) is 11.5 Å². The first-order valence-corrected chi connectivity index (χ1v) is 13.2. The summed E-state index contributed by atoms with van der Waals surface area (Å²) in [6, 6.07) is 16.0. The van der Waals surface area contributed by atoms with Crippen LogP contribution in [0.2, 0.25) is 0 Å². The molecule has 1 fully saturated rings. The number of nitrogens with one attached hydrogen (secondary N) is 2. The van der Waals surface area contributed by atoms with Crippen LogP contribution in [0.5, 0.6) is 5.75 Å². The lowest BCUT2D eigenvalue weighted by Crippen LogP contribution is -2.48. The number of thiophene rings is 1. The van der Waals surface area contributed by atoms with Gasteiger partial charge in [0.25, 0.3) is 5.91 Å². The number of nitrogens with zero attached hydrogens (tertiary/aromatic N) is 1. The molecular formula is C28H28F3N3O4S. The Kier molecular flexibility index (Phi) is 8.83. The Balaban J connectivity index is 1.46. The van der Waals surface area contributed by atoms with Crippen LogP contribution in [0.1, 0.15) is 45.0 Å². The number of piperazine rings is 1. The molecule has 2 aromatic carbocycles. The summed E-state index contributed by atoms with van der Waals surface area (Å²) in [4.78, 5) is 41.1. The van der Waals surface area contributed by atoms with Crippen LogP contribution in [-0.4, -0.2) is 54.4 Å². The molecule has 1 atom stereocenters. The number of amides is 1. The van der Waals surface area contributed by atoms with Crippen LogP contribution < -0.4 is 15.4 Å². The maximum Gasteiger partial charge on any atom is 0.491 e. The highest BCUT2D eigenvalue weighted by Gasteiger charge is 2.42. The van der Waals surface area contributed by atoms with E-state index in [1.165, 1.54) is 23.1 Å². The van der Waals surface area contributed by atoms with Crippen molar-refractivity contribution in [3.63, 3.8) is 0 Å². The molecule has 3 aromatic rings. The second kappa shape index (κ2) is 12.1. The summed E-state index contributed by atoms with van der Waals surface area (Å²) < 4.78 is 42.9. The van der Waals surface area contributed by atoms with Crippen LogP contribution in [0, 0.1) is 0 Å². The fourth-order valence-corrected chi connectivity index (χ4v) is 5.41. The van der Waals surface area contributed by atoms with Gasteiger partial charge in [-0.15, -0.1) is 11.3 Å². The van der Waals surface area contributed by atoms with Crippen molar-refractivity contribution in [3.05, 3.63) is 76.2 Å². The number of benzene rings is 2. The van der Waals surface area contributed by atoms with E-state index in [-0.39, 0.29) is 17.7 Å². The fraction of sp³-hybridized carbons (Fsp3) is 0.321. The van der Waals surface area contributed by atoms with Gasteiger partial charge in [0.2, 0.25) is 0 Å². The molecule has 7 nitrogen and oxygen atoms in total. The van der Waals surface area contributed by atoms with Gasteiger partial charge in [-0.3, -0.25) is 14.5 Å². The smallest absolute Gasteiger partial charge is 0.418 e. The van der Waals surface area contributed by atoms with Crippen molar-refractivity contribution in [1.82, 2.24) is 15.5 Å². The maximum atomic E-state index is 12.9. The molecule has 1 amide bonds. The van der Waals surface area contributed by atoms with E-state index in [2.05, 4.69) is 39.3 Å². The molecule has 0 saturated carbocycles. The van der Waals surface area contributed by atoms with Crippen molar-refractivity contribution in [2.24, 2.45) is 0 Å². The average Bonchev–Trinajstić information content (AvgIpc) is 3.35. The Labute approximate surface area is 228 Å². The van der Waals surface area contributed by atoms with E-state index < -0.39 is 29.6 Å². The third-order valence-corrected chi connectivity index (χ3v) is 7.34. The van der Waals surface area contributed by atoms with E-state index in [0.29, 0.717) is 6.04 Å². The van der Waals surface area contributed by atoms with E-state index in [9.17, 15) is 27.6 Å². The summed E-state index contributed by atoms with van der Waals surface area (Å²) in [5.41, 5.74) is 1.10. The molecule has 0 radical (unpaired) electrons. The third kappa shape index (κ3) is 7.31. The Morgan fingerprint density at radius 1 is 1.10 bits per heavy atom. The van der Waals surface area contributed by atoms with Gasteiger partial charge in [0.1, 0.15) is 0 Å². The van der Waals surface area contributed by atoms with Crippen LogP contribution in [0.4, 0.5) is 13.2 Å². The van der Waals surface area contributed by atoms with Crippen LogP contribution in [0.15, 0.2) is 54.6 Å². The first-order chi connectivity index (χ1) is 18.5. The van der Waals surface area contributed by atoms with Gasteiger partial charge >= 0.3 is 12.1 Å². The molecule has 2 N–H and O–H groups in total. The quantitative estimate of drug-likeness (QED) is 0.234. The van der Waals surface area contributed by atoms with Crippen LogP contribution in [-0.2, 0) is 17.9 Å².